The molecule has 0 bridgehead atoms. The minimum absolute atomic E-state index is 0.615. The molecule has 0 aliphatic carbocycles. The smallest absolute Gasteiger partial charge is 0.191 e. The van der Waals surface area contributed by atoms with Gasteiger partial charge in [0.1, 0.15) is 10.8 Å². The number of thiazole rings is 1. The summed E-state index contributed by atoms with van der Waals surface area (Å²) in [6, 6.07) is 16.4. The maximum Gasteiger partial charge on any atom is 0.191 e. The van der Waals surface area contributed by atoms with Crippen molar-refractivity contribution in [2.24, 2.45) is 7.05 Å². The second-order valence-electron chi connectivity index (χ2n) is 6.59. The summed E-state index contributed by atoms with van der Waals surface area (Å²) in [5, 5.41) is 12.8. The van der Waals surface area contributed by atoms with Crippen LogP contribution in [0.15, 0.2) is 59.1 Å². The Morgan fingerprint density at radius 1 is 1.07 bits per heavy atom. The molecule has 0 N–H and O–H groups in total. The number of aromatic nitrogens is 4. The average molecular weight is 423 g/mol. The minimum Gasteiger partial charge on any atom is -0.493 e. The van der Waals surface area contributed by atoms with Crippen molar-refractivity contribution in [3.63, 3.8) is 0 Å². The predicted octanol–water partition coefficient (Wildman–Crippen LogP) is 5.61. The predicted molar refractivity (Wildman–Crippen MR) is 119 cm³/mol. The summed E-state index contributed by atoms with van der Waals surface area (Å²) >= 11 is 3.31. The molecule has 0 unspecified atom stereocenters. The summed E-state index contributed by atoms with van der Waals surface area (Å²) in [5.74, 6) is 2.38. The summed E-state index contributed by atoms with van der Waals surface area (Å²) in [6.45, 7) is 4.69. The number of nitrogens with zero attached hydrogens (tertiary/aromatic N) is 4. The lowest BCUT2D eigenvalue weighted by molar-refractivity contribution is 0.341. The molecule has 5 nitrogen and oxygen atoms in total. The second kappa shape index (κ2) is 8.80. The van der Waals surface area contributed by atoms with Crippen LogP contribution in [0.5, 0.6) is 5.75 Å². The zero-order valence-corrected chi connectivity index (χ0v) is 18.3. The highest BCUT2D eigenvalue weighted by molar-refractivity contribution is 7.98. The lowest BCUT2D eigenvalue weighted by Gasteiger charge is -2.09. The first-order valence-electron chi connectivity index (χ1n) is 9.41. The van der Waals surface area contributed by atoms with E-state index in [4.69, 9.17) is 9.72 Å². The van der Waals surface area contributed by atoms with Gasteiger partial charge in [0.15, 0.2) is 11.0 Å². The molecule has 148 valence electrons. The van der Waals surface area contributed by atoms with Gasteiger partial charge in [-0.25, -0.2) is 4.98 Å². The van der Waals surface area contributed by atoms with Crippen molar-refractivity contribution in [2.45, 2.75) is 24.8 Å². The summed E-state index contributed by atoms with van der Waals surface area (Å²) in [4.78, 5) is 4.78. The van der Waals surface area contributed by atoms with E-state index in [2.05, 4.69) is 46.8 Å². The molecule has 0 saturated heterocycles. The Bertz CT molecular complexity index is 1100. The first-order chi connectivity index (χ1) is 14.2. The van der Waals surface area contributed by atoms with Gasteiger partial charge in [-0.05, 0) is 26.0 Å². The Labute approximate surface area is 178 Å². The third kappa shape index (κ3) is 4.36. The number of rotatable bonds is 7. The van der Waals surface area contributed by atoms with Crippen LogP contribution >= 0.6 is 23.1 Å². The van der Waals surface area contributed by atoms with Crippen molar-refractivity contribution in [1.82, 2.24) is 19.7 Å². The number of ether oxygens (including phenoxy) is 1. The lowest BCUT2D eigenvalue weighted by atomic mass is 10.2. The normalized spacial score (nSPS) is 11.0. The van der Waals surface area contributed by atoms with E-state index in [0.29, 0.717) is 6.61 Å². The fourth-order valence-electron chi connectivity index (χ4n) is 2.95. The summed E-state index contributed by atoms with van der Waals surface area (Å²) in [7, 11) is 1.99. The summed E-state index contributed by atoms with van der Waals surface area (Å²) in [6.07, 6.45) is 0. The Kier molecular flexibility index (Phi) is 5.97. The molecule has 0 amide bonds. The second-order valence-corrected chi connectivity index (χ2v) is 8.39. The van der Waals surface area contributed by atoms with Crippen LogP contribution in [0.25, 0.3) is 22.0 Å². The number of aryl methyl sites for hydroxylation is 1. The molecule has 0 aliphatic heterocycles. The maximum absolute atomic E-state index is 5.74. The molecule has 29 heavy (non-hydrogen) atoms. The zero-order chi connectivity index (χ0) is 20.2. The van der Waals surface area contributed by atoms with Crippen molar-refractivity contribution in [3.05, 3.63) is 65.2 Å². The highest BCUT2D eigenvalue weighted by atomic mass is 32.2. The lowest BCUT2D eigenvalue weighted by Crippen LogP contribution is -1.99. The highest BCUT2D eigenvalue weighted by Gasteiger charge is 2.15. The van der Waals surface area contributed by atoms with E-state index in [1.54, 1.807) is 23.1 Å². The van der Waals surface area contributed by atoms with E-state index < -0.39 is 0 Å². The Hall–Kier alpha value is -2.64. The number of hydrogen-bond donors (Lipinski definition) is 0. The van der Waals surface area contributed by atoms with E-state index in [-0.39, 0.29) is 0 Å². The van der Waals surface area contributed by atoms with E-state index in [1.165, 1.54) is 5.56 Å². The molecule has 7 heteroatoms. The summed E-state index contributed by atoms with van der Waals surface area (Å²) < 4.78 is 7.75. The van der Waals surface area contributed by atoms with Gasteiger partial charge in [0.25, 0.3) is 0 Å². The largest absolute Gasteiger partial charge is 0.493 e. The molecule has 0 radical (unpaired) electrons. The van der Waals surface area contributed by atoms with E-state index in [9.17, 15) is 0 Å². The molecule has 0 saturated carbocycles. The molecular formula is C22H22N4OS2. The molecule has 4 aromatic rings. The van der Waals surface area contributed by atoms with Crippen LogP contribution in [-0.4, -0.2) is 26.4 Å². The minimum atomic E-state index is 0.615. The van der Waals surface area contributed by atoms with Crippen LogP contribution in [0.1, 0.15) is 18.2 Å². The molecule has 0 spiro atoms. The van der Waals surface area contributed by atoms with Crippen molar-refractivity contribution in [3.8, 4) is 27.7 Å². The summed E-state index contributed by atoms with van der Waals surface area (Å²) in [5.41, 5.74) is 4.41. The Morgan fingerprint density at radius 3 is 2.66 bits per heavy atom. The van der Waals surface area contributed by atoms with Crippen LogP contribution in [0.2, 0.25) is 0 Å². The van der Waals surface area contributed by atoms with Crippen molar-refractivity contribution in [2.75, 3.05) is 6.61 Å². The fraction of sp³-hybridized carbons (Fsp3) is 0.227. The third-order valence-electron chi connectivity index (χ3n) is 4.46. The van der Waals surface area contributed by atoms with Gasteiger partial charge in [0.05, 0.1) is 17.9 Å². The topological polar surface area (TPSA) is 52.8 Å². The molecule has 0 atom stereocenters. The molecule has 2 heterocycles. The van der Waals surface area contributed by atoms with Crippen LogP contribution in [-0.2, 0) is 12.8 Å². The van der Waals surface area contributed by atoms with Gasteiger partial charge in [0.2, 0.25) is 0 Å². The first-order valence-corrected chi connectivity index (χ1v) is 11.3. The Morgan fingerprint density at radius 2 is 1.86 bits per heavy atom. The molecule has 0 fully saturated rings. The molecular weight excluding hydrogens is 400 g/mol. The third-order valence-corrected chi connectivity index (χ3v) is 6.46. The molecule has 2 aromatic heterocycles. The molecule has 2 aromatic carbocycles. The van der Waals surface area contributed by atoms with Crippen molar-refractivity contribution in [1.29, 1.82) is 0 Å². The van der Waals surface area contributed by atoms with Gasteiger partial charge in [0, 0.05) is 23.7 Å². The van der Waals surface area contributed by atoms with Crippen LogP contribution in [0, 0.1) is 6.92 Å². The van der Waals surface area contributed by atoms with Crippen molar-refractivity contribution >= 4 is 23.1 Å². The van der Waals surface area contributed by atoms with Gasteiger partial charge in [-0.3, -0.25) is 0 Å². The van der Waals surface area contributed by atoms with Crippen LogP contribution in [0.3, 0.4) is 0 Å². The van der Waals surface area contributed by atoms with Gasteiger partial charge in [-0.15, -0.1) is 21.5 Å². The van der Waals surface area contributed by atoms with E-state index >= 15 is 0 Å². The monoisotopic (exact) mass is 422 g/mol. The average Bonchev–Trinajstić information content (AvgIpc) is 3.35. The van der Waals surface area contributed by atoms with E-state index in [1.807, 2.05) is 42.8 Å². The van der Waals surface area contributed by atoms with Crippen LogP contribution in [0.4, 0.5) is 0 Å². The SMILES string of the molecule is CCOc1ccccc1-c1nnc(SCc2csc(-c3ccc(C)cc3)n2)n1C. The van der Waals surface area contributed by atoms with E-state index in [0.717, 1.165) is 44.3 Å². The highest BCUT2D eigenvalue weighted by Crippen LogP contribution is 2.32. The first kappa shape index (κ1) is 19.7. The standard InChI is InChI=1S/C22H22N4OS2/c1-4-27-19-8-6-5-7-18(19)20-24-25-22(26(20)3)29-14-17-13-28-21(23-17)16-11-9-15(2)10-12-16/h5-13H,4,14H2,1-3H3. The Balaban J connectivity index is 1.49. The zero-order valence-electron chi connectivity index (χ0n) is 16.6. The van der Waals surface area contributed by atoms with Gasteiger partial charge in [-0.1, -0.05) is 53.7 Å². The van der Waals surface area contributed by atoms with Gasteiger partial charge in [-0.2, -0.15) is 0 Å². The number of para-hydroxylation sites is 1. The number of benzene rings is 2. The maximum atomic E-state index is 5.74. The molecule has 4 rings (SSSR count). The molecule has 0 aliphatic rings. The van der Waals surface area contributed by atoms with Crippen molar-refractivity contribution < 1.29 is 4.74 Å². The van der Waals surface area contributed by atoms with Gasteiger partial charge < -0.3 is 9.30 Å². The van der Waals surface area contributed by atoms with Gasteiger partial charge >= 0.3 is 0 Å². The number of hydrogen-bond acceptors (Lipinski definition) is 6. The quantitative estimate of drug-likeness (QED) is 0.363. The van der Waals surface area contributed by atoms with Crippen LogP contribution < -0.4 is 4.74 Å². The number of thioether (sulfide) groups is 1. The fourth-order valence-corrected chi connectivity index (χ4v) is 4.68.